The van der Waals surface area contributed by atoms with Gasteiger partial charge < -0.3 is 5.32 Å². The molecule has 1 saturated heterocycles. The summed E-state index contributed by atoms with van der Waals surface area (Å²) in [4.78, 5) is 6.90. The fourth-order valence-corrected chi connectivity index (χ4v) is 2.95. The Bertz CT molecular complexity index is 579. The zero-order chi connectivity index (χ0) is 13.2. The van der Waals surface area contributed by atoms with Gasteiger partial charge in [0.1, 0.15) is 0 Å². The molecule has 0 saturated carbocycles. The van der Waals surface area contributed by atoms with Gasteiger partial charge in [-0.15, -0.1) is 0 Å². The van der Waals surface area contributed by atoms with Crippen LogP contribution in [0.2, 0.25) is 5.02 Å². The van der Waals surface area contributed by atoms with Crippen LogP contribution >= 0.6 is 11.6 Å². The van der Waals surface area contributed by atoms with E-state index in [0.717, 1.165) is 35.6 Å². The molecule has 1 atom stereocenters. The summed E-state index contributed by atoms with van der Waals surface area (Å²) in [6.07, 6.45) is 3.05. The monoisotopic (exact) mass is 275 g/mol. The molecule has 1 aromatic heterocycles. The Hall–Kier alpha value is -1.16. The molecule has 0 spiro atoms. The number of pyridine rings is 1. The standard InChI is InChI=1S/C15H18ClN3/c1-19(12-6-8-17-9-12)10-11-4-5-14(16)13-3-2-7-18-15(11)13/h2-5,7,12,17H,6,8-10H2,1H3. The highest BCUT2D eigenvalue weighted by molar-refractivity contribution is 6.35. The van der Waals surface area contributed by atoms with Crippen molar-refractivity contribution in [1.82, 2.24) is 15.2 Å². The lowest BCUT2D eigenvalue weighted by Crippen LogP contribution is -2.32. The van der Waals surface area contributed by atoms with E-state index in [4.69, 9.17) is 11.6 Å². The van der Waals surface area contributed by atoms with Crippen molar-refractivity contribution in [2.24, 2.45) is 0 Å². The number of fused-ring (bicyclic) bond motifs is 1. The lowest BCUT2D eigenvalue weighted by Gasteiger charge is -2.24. The summed E-state index contributed by atoms with van der Waals surface area (Å²) >= 11 is 6.23. The molecular formula is C15H18ClN3. The van der Waals surface area contributed by atoms with Crippen LogP contribution < -0.4 is 5.32 Å². The van der Waals surface area contributed by atoms with Crippen molar-refractivity contribution in [2.45, 2.75) is 19.0 Å². The van der Waals surface area contributed by atoms with Crippen LogP contribution in [-0.4, -0.2) is 36.1 Å². The number of aromatic nitrogens is 1. The van der Waals surface area contributed by atoms with Crippen molar-refractivity contribution in [1.29, 1.82) is 0 Å². The van der Waals surface area contributed by atoms with E-state index in [1.165, 1.54) is 12.0 Å². The predicted octanol–water partition coefficient (Wildman–Crippen LogP) is 2.68. The molecule has 4 heteroatoms. The molecule has 2 aromatic rings. The number of nitrogens with one attached hydrogen (secondary N) is 1. The first-order valence-corrected chi connectivity index (χ1v) is 7.06. The maximum atomic E-state index is 6.23. The van der Waals surface area contributed by atoms with Crippen LogP contribution in [0.25, 0.3) is 10.9 Å². The molecule has 3 rings (SSSR count). The smallest absolute Gasteiger partial charge is 0.0761 e. The van der Waals surface area contributed by atoms with Gasteiger partial charge >= 0.3 is 0 Å². The highest BCUT2D eigenvalue weighted by Crippen LogP contribution is 2.26. The Morgan fingerprint density at radius 3 is 3.11 bits per heavy atom. The van der Waals surface area contributed by atoms with Gasteiger partial charge in [0.05, 0.1) is 5.52 Å². The molecular weight excluding hydrogens is 258 g/mol. The predicted molar refractivity (Wildman–Crippen MR) is 79.5 cm³/mol. The van der Waals surface area contributed by atoms with Crippen LogP contribution in [0.4, 0.5) is 0 Å². The van der Waals surface area contributed by atoms with Gasteiger partial charge in [-0.05, 0) is 43.8 Å². The van der Waals surface area contributed by atoms with Gasteiger partial charge in [0.2, 0.25) is 0 Å². The first-order valence-electron chi connectivity index (χ1n) is 6.69. The number of nitrogens with zero attached hydrogens (tertiary/aromatic N) is 2. The Balaban J connectivity index is 1.90. The van der Waals surface area contributed by atoms with E-state index in [1.807, 2.05) is 24.4 Å². The average Bonchev–Trinajstić information content (AvgIpc) is 2.96. The molecule has 1 aromatic carbocycles. The molecule has 1 unspecified atom stereocenters. The van der Waals surface area contributed by atoms with E-state index in [0.29, 0.717) is 6.04 Å². The SMILES string of the molecule is CN(Cc1ccc(Cl)c2cccnc12)C1CCNC1. The highest BCUT2D eigenvalue weighted by atomic mass is 35.5. The molecule has 1 aliphatic rings. The molecule has 0 bridgehead atoms. The minimum atomic E-state index is 0.620. The van der Waals surface area contributed by atoms with Crippen LogP contribution in [0.5, 0.6) is 0 Å². The fraction of sp³-hybridized carbons (Fsp3) is 0.400. The van der Waals surface area contributed by atoms with Crippen LogP contribution in [-0.2, 0) is 6.54 Å². The van der Waals surface area contributed by atoms with Gasteiger partial charge in [-0.1, -0.05) is 17.7 Å². The molecule has 19 heavy (non-hydrogen) atoms. The quantitative estimate of drug-likeness (QED) is 0.934. The first kappa shape index (κ1) is 12.9. The van der Waals surface area contributed by atoms with Crippen molar-refractivity contribution in [3.8, 4) is 0 Å². The first-order chi connectivity index (χ1) is 9.25. The summed E-state index contributed by atoms with van der Waals surface area (Å²) in [6, 6.07) is 8.65. The second-order valence-electron chi connectivity index (χ2n) is 5.17. The fourth-order valence-electron chi connectivity index (χ4n) is 2.74. The summed E-state index contributed by atoms with van der Waals surface area (Å²) < 4.78 is 0. The van der Waals surface area contributed by atoms with Gasteiger partial charge in [-0.25, -0.2) is 0 Å². The molecule has 0 radical (unpaired) electrons. The van der Waals surface area contributed by atoms with E-state index in [1.54, 1.807) is 0 Å². The summed E-state index contributed by atoms with van der Waals surface area (Å²) in [5.74, 6) is 0. The Labute approximate surface area is 118 Å². The Morgan fingerprint density at radius 1 is 1.42 bits per heavy atom. The third-order valence-corrected chi connectivity index (χ3v) is 4.21. The van der Waals surface area contributed by atoms with Crippen LogP contribution in [0.1, 0.15) is 12.0 Å². The number of likely N-dealkylation sites (N-methyl/N-ethyl adjacent to an activating group) is 1. The number of benzene rings is 1. The second kappa shape index (κ2) is 5.45. The average molecular weight is 276 g/mol. The summed E-state index contributed by atoms with van der Waals surface area (Å²) in [7, 11) is 2.18. The normalized spacial score (nSPS) is 19.4. The van der Waals surface area contributed by atoms with E-state index in [2.05, 4.69) is 28.3 Å². The minimum absolute atomic E-state index is 0.620. The molecule has 1 aliphatic heterocycles. The maximum absolute atomic E-state index is 6.23. The summed E-state index contributed by atoms with van der Waals surface area (Å²) in [5, 5.41) is 5.22. The van der Waals surface area contributed by atoms with Crippen LogP contribution in [0.15, 0.2) is 30.5 Å². The number of hydrogen-bond acceptors (Lipinski definition) is 3. The maximum Gasteiger partial charge on any atom is 0.0761 e. The zero-order valence-corrected chi connectivity index (χ0v) is 11.8. The Kier molecular flexibility index (Phi) is 3.69. The zero-order valence-electron chi connectivity index (χ0n) is 11.1. The Morgan fingerprint density at radius 2 is 2.32 bits per heavy atom. The van der Waals surface area contributed by atoms with Crippen molar-refractivity contribution < 1.29 is 0 Å². The van der Waals surface area contributed by atoms with Crippen molar-refractivity contribution in [3.05, 3.63) is 41.0 Å². The van der Waals surface area contributed by atoms with Crippen molar-refractivity contribution in [3.63, 3.8) is 0 Å². The van der Waals surface area contributed by atoms with E-state index >= 15 is 0 Å². The molecule has 1 fully saturated rings. The highest BCUT2D eigenvalue weighted by Gasteiger charge is 2.19. The third kappa shape index (κ3) is 2.59. The van der Waals surface area contributed by atoms with Gasteiger partial charge in [0.25, 0.3) is 0 Å². The largest absolute Gasteiger partial charge is 0.315 e. The lowest BCUT2D eigenvalue weighted by molar-refractivity contribution is 0.249. The topological polar surface area (TPSA) is 28.2 Å². The molecule has 0 amide bonds. The number of hydrogen-bond donors (Lipinski definition) is 1. The molecule has 2 heterocycles. The van der Waals surface area contributed by atoms with Gasteiger partial charge in [-0.2, -0.15) is 0 Å². The van der Waals surface area contributed by atoms with E-state index in [-0.39, 0.29) is 0 Å². The van der Waals surface area contributed by atoms with E-state index in [9.17, 15) is 0 Å². The minimum Gasteiger partial charge on any atom is -0.315 e. The molecule has 3 nitrogen and oxygen atoms in total. The number of rotatable bonds is 3. The third-order valence-electron chi connectivity index (χ3n) is 3.88. The van der Waals surface area contributed by atoms with Crippen molar-refractivity contribution in [2.75, 3.05) is 20.1 Å². The number of halogens is 1. The van der Waals surface area contributed by atoms with Crippen LogP contribution in [0, 0.1) is 0 Å². The molecule has 1 N–H and O–H groups in total. The van der Waals surface area contributed by atoms with Gasteiger partial charge in [0, 0.05) is 35.7 Å². The molecule has 100 valence electrons. The van der Waals surface area contributed by atoms with Gasteiger partial charge in [-0.3, -0.25) is 9.88 Å². The van der Waals surface area contributed by atoms with Gasteiger partial charge in [0.15, 0.2) is 0 Å². The lowest BCUT2D eigenvalue weighted by atomic mass is 10.1. The second-order valence-corrected chi connectivity index (χ2v) is 5.58. The summed E-state index contributed by atoms with van der Waals surface area (Å²) in [5.41, 5.74) is 2.27. The van der Waals surface area contributed by atoms with E-state index < -0.39 is 0 Å². The molecule has 0 aliphatic carbocycles. The summed E-state index contributed by atoms with van der Waals surface area (Å²) in [6.45, 7) is 3.11. The van der Waals surface area contributed by atoms with Crippen LogP contribution in [0.3, 0.4) is 0 Å². The van der Waals surface area contributed by atoms with Crippen molar-refractivity contribution >= 4 is 22.5 Å².